The number of nitrogens with one attached hydrogen (secondary N) is 1. The van der Waals surface area contributed by atoms with Gasteiger partial charge in [0.1, 0.15) is 12.2 Å². The molecule has 0 aliphatic carbocycles. The average Bonchev–Trinajstić information content (AvgIpc) is 2.43. The van der Waals surface area contributed by atoms with E-state index in [-0.39, 0.29) is 18.1 Å². The molecule has 1 heterocycles. The number of amides is 1. The number of hydrogen-bond acceptors (Lipinski definition) is 4. The van der Waals surface area contributed by atoms with Crippen LogP contribution < -0.4 is 16.7 Å². The Morgan fingerprint density at radius 1 is 1.35 bits per heavy atom. The predicted molar refractivity (Wildman–Crippen MR) is 88.2 cm³/mol. The fourth-order valence-corrected chi connectivity index (χ4v) is 2.07. The van der Waals surface area contributed by atoms with Gasteiger partial charge in [-0.3, -0.25) is 4.79 Å². The lowest BCUT2D eigenvalue weighted by Crippen LogP contribution is -2.68. The van der Waals surface area contributed by atoms with E-state index in [4.69, 9.17) is 9.15 Å². The number of rotatable bonds is 4. The highest BCUT2D eigenvalue weighted by Gasteiger charge is 2.21. The third kappa shape index (κ3) is 4.64. The first-order valence-corrected chi connectivity index (χ1v) is 7.48. The Bertz CT molecular complexity index is 774. The minimum Gasteiger partial charge on any atom is -0.423 e. The second-order valence-electron chi connectivity index (χ2n) is 6.57. The third-order valence-electron chi connectivity index (χ3n) is 3.31. The van der Waals surface area contributed by atoms with Crippen molar-refractivity contribution in [3.05, 3.63) is 40.2 Å². The smallest absolute Gasteiger partial charge is 0.336 e. The van der Waals surface area contributed by atoms with Gasteiger partial charge < -0.3 is 20.2 Å². The summed E-state index contributed by atoms with van der Waals surface area (Å²) < 4.78 is 10.7. The molecule has 0 saturated carbocycles. The van der Waals surface area contributed by atoms with Gasteiger partial charge >= 0.3 is 5.63 Å². The van der Waals surface area contributed by atoms with Crippen LogP contribution >= 0.6 is 0 Å². The first kappa shape index (κ1) is 17.2. The number of fused-ring (bicyclic) bond motifs is 1. The van der Waals surface area contributed by atoms with Crippen molar-refractivity contribution in [1.82, 2.24) is 0 Å². The van der Waals surface area contributed by atoms with Crippen LogP contribution in [0.15, 0.2) is 33.5 Å². The standard InChI is InChI=1S/C17H22N2O4/c1-10-7-15(20)23-14-8-11(5-6-12(10)14)19-16(21)13(18)9-22-17(2,3)4/h5-8,13H,9,18H2,1-4H3,(H,19,21)/p+1/t13-/m0/s1. The van der Waals surface area contributed by atoms with E-state index >= 15 is 0 Å². The Hall–Kier alpha value is -2.18. The zero-order valence-electron chi connectivity index (χ0n) is 13.9. The molecule has 1 amide bonds. The van der Waals surface area contributed by atoms with Crippen LogP contribution in [-0.2, 0) is 9.53 Å². The Balaban J connectivity index is 2.12. The molecule has 0 radical (unpaired) electrons. The number of benzene rings is 1. The Kier molecular flexibility index (Phi) is 4.87. The zero-order valence-corrected chi connectivity index (χ0v) is 13.9. The normalized spacial score (nSPS) is 13.1. The molecule has 2 aromatic rings. The van der Waals surface area contributed by atoms with Gasteiger partial charge in [0.15, 0.2) is 6.04 Å². The minimum absolute atomic E-state index is 0.233. The molecule has 4 N–H and O–H groups in total. The van der Waals surface area contributed by atoms with Crippen molar-refractivity contribution >= 4 is 22.6 Å². The molecule has 0 aliphatic heterocycles. The number of quaternary nitrogens is 1. The molecule has 0 saturated heterocycles. The monoisotopic (exact) mass is 319 g/mol. The average molecular weight is 319 g/mol. The van der Waals surface area contributed by atoms with Crippen molar-refractivity contribution in [3.63, 3.8) is 0 Å². The van der Waals surface area contributed by atoms with Crippen molar-refractivity contribution in [2.24, 2.45) is 0 Å². The second kappa shape index (κ2) is 6.52. The summed E-state index contributed by atoms with van der Waals surface area (Å²) in [5.41, 5.74) is 4.92. The summed E-state index contributed by atoms with van der Waals surface area (Å²) in [6.45, 7) is 7.84. The van der Waals surface area contributed by atoms with Crippen LogP contribution in [0.3, 0.4) is 0 Å². The number of hydrogen-bond donors (Lipinski definition) is 2. The number of carbonyl (C=O) groups is 1. The summed E-state index contributed by atoms with van der Waals surface area (Å²) in [4.78, 5) is 23.6. The molecule has 124 valence electrons. The molecule has 1 aromatic carbocycles. The van der Waals surface area contributed by atoms with E-state index in [1.807, 2.05) is 33.8 Å². The van der Waals surface area contributed by atoms with Crippen LogP contribution in [0.25, 0.3) is 11.0 Å². The van der Waals surface area contributed by atoms with E-state index < -0.39 is 11.7 Å². The lowest BCUT2D eigenvalue weighted by atomic mass is 10.1. The van der Waals surface area contributed by atoms with Crippen molar-refractivity contribution in [2.75, 3.05) is 11.9 Å². The highest BCUT2D eigenvalue weighted by atomic mass is 16.5. The highest BCUT2D eigenvalue weighted by Crippen LogP contribution is 2.20. The fourth-order valence-electron chi connectivity index (χ4n) is 2.07. The molecule has 1 aromatic heterocycles. The van der Waals surface area contributed by atoms with Crippen LogP contribution in [-0.4, -0.2) is 24.2 Å². The van der Waals surface area contributed by atoms with Gasteiger partial charge in [-0.15, -0.1) is 0 Å². The van der Waals surface area contributed by atoms with Crippen LogP contribution in [0.5, 0.6) is 0 Å². The zero-order chi connectivity index (χ0) is 17.2. The summed E-state index contributed by atoms with van der Waals surface area (Å²) in [6.07, 6.45) is 0. The van der Waals surface area contributed by atoms with E-state index in [0.717, 1.165) is 10.9 Å². The van der Waals surface area contributed by atoms with Gasteiger partial charge in [0.25, 0.3) is 5.91 Å². The lowest BCUT2D eigenvalue weighted by Gasteiger charge is -2.20. The summed E-state index contributed by atoms with van der Waals surface area (Å²) in [6, 6.07) is 6.13. The maximum Gasteiger partial charge on any atom is 0.336 e. The molecule has 6 heteroatoms. The van der Waals surface area contributed by atoms with E-state index in [9.17, 15) is 9.59 Å². The van der Waals surface area contributed by atoms with Crippen molar-refractivity contribution in [3.8, 4) is 0 Å². The van der Waals surface area contributed by atoms with Crippen molar-refractivity contribution < 1.29 is 19.7 Å². The second-order valence-corrected chi connectivity index (χ2v) is 6.57. The topological polar surface area (TPSA) is 96.2 Å². The maximum atomic E-state index is 12.2. The molecule has 23 heavy (non-hydrogen) atoms. The molecule has 0 spiro atoms. The van der Waals surface area contributed by atoms with Crippen LogP contribution in [0.1, 0.15) is 26.3 Å². The first-order chi connectivity index (χ1) is 10.7. The number of ether oxygens (including phenoxy) is 1. The third-order valence-corrected chi connectivity index (χ3v) is 3.31. The summed E-state index contributed by atoms with van der Waals surface area (Å²) in [7, 11) is 0. The molecule has 0 aliphatic rings. The fraction of sp³-hybridized carbons (Fsp3) is 0.412. The quantitative estimate of drug-likeness (QED) is 0.834. The largest absolute Gasteiger partial charge is 0.423 e. The highest BCUT2D eigenvalue weighted by molar-refractivity contribution is 5.95. The van der Waals surface area contributed by atoms with E-state index in [2.05, 4.69) is 11.1 Å². The van der Waals surface area contributed by atoms with Gasteiger partial charge in [-0.1, -0.05) is 0 Å². The SMILES string of the molecule is Cc1cc(=O)oc2cc(NC(=O)[C@@H]([NH3+])COC(C)(C)C)ccc12. The van der Waals surface area contributed by atoms with Crippen LogP contribution in [0, 0.1) is 6.92 Å². The Labute approximate surface area is 134 Å². The first-order valence-electron chi connectivity index (χ1n) is 7.48. The van der Waals surface area contributed by atoms with Gasteiger partial charge in [0, 0.05) is 23.2 Å². The van der Waals surface area contributed by atoms with Gasteiger partial charge in [0.2, 0.25) is 0 Å². The van der Waals surface area contributed by atoms with Gasteiger partial charge in [0.05, 0.1) is 5.60 Å². The molecule has 0 bridgehead atoms. The van der Waals surface area contributed by atoms with Crippen LogP contribution in [0.2, 0.25) is 0 Å². The minimum atomic E-state index is -0.533. The molecular weight excluding hydrogens is 296 g/mol. The summed E-state index contributed by atoms with van der Waals surface area (Å²) in [5, 5.41) is 3.60. The molecule has 1 atom stereocenters. The molecule has 2 rings (SSSR count). The Morgan fingerprint density at radius 3 is 2.70 bits per heavy atom. The lowest BCUT2D eigenvalue weighted by molar-refractivity contribution is -0.412. The summed E-state index contributed by atoms with van der Waals surface area (Å²) >= 11 is 0. The van der Waals surface area contributed by atoms with E-state index in [1.54, 1.807) is 12.1 Å². The predicted octanol–water partition coefficient (Wildman–Crippen LogP) is 1.47. The molecule has 0 unspecified atom stereocenters. The van der Waals surface area contributed by atoms with Crippen LogP contribution in [0.4, 0.5) is 5.69 Å². The van der Waals surface area contributed by atoms with Crippen molar-refractivity contribution in [1.29, 1.82) is 0 Å². The number of anilines is 1. The summed E-state index contributed by atoms with van der Waals surface area (Å²) in [5.74, 6) is -0.247. The molecule has 0 fully saturated rings. The Morgan fingerprint density at radius 2 is 2.04 bits per heavy atom. The van der Waals surface area contributed by atoms with E-state index in [1.165, 1.54) is 6.07 Å². The van der Waals surface area contributed by atoms with Gasteiger partial charge in [-0.05, 0) is 45.4 Å². The number of carbonyl (C=O) groups excluding carboxylic acids is 1. The van der Waals surface area contributed by atoms with Gasteiger partial charge in [-0.2, -0.15) is 0 Å². The number of aryl methyl sites for hydroxylation is 1. The van der Waals surface area contributed by atoms with Gasteiger partial charge in [-0.25, -0.2) is 4.79 Å². The maximum absolute atomic E-state index is 12.2. The van der Waals surface area contributed by atoms with Crippen molar-refractivity contribution in [2.45, 2.75) is 39.3 Å². The molecular formula is C17H23N2O4+. The molecule has 6 nitrogen and oxygen atoms in total. The van der Waals surface area contributed by atoms with E-state index in [0.29, 0.717) is 11.3 Å².